The molecule has 1 saturated heterocycles. The van der Waals surface area contributed by atoms with E-state index in [9.17, 15) is 9.90 Å². The number of piperazine rings is 1. The molecular weight excluding hydrogens is 326 g/mol. The van der Waals surface area contributed by atoms with Gasteiger partial charge in [-0.05, 0) is 37.6 Å². The van der Waals surface area contributed by atoms with E-state index in [2.05, 4.69) is 22.2 Å². The van der Waals surface area contributed by atoms with Crippen molar-refractivity contribution in [2.45, 2.75) is 19.3 Å². The first-order valence-corrected chi connectivity index (χ1v) is 8.99. The molecule has 1 amide bonds. The molecule has 0 bridgehead atoms. The van der Waals surface area contributed by atoms with Crippen LogP contribution in [-0.4, -0.2) is 67.1 Å². The second-order valence-electron chi connectivity index (χ2n) is 7.32. The van der Waals surface area contributed by atoms with Crippen LogP contribution in [0.2, 0.25) is 5.02 Å². The van der Waals surface area contributed by atoms with Gasteiger partial charge in [-0.3, -0.25) is 4.79 Å². The van der Waals surface area contributed by atoms with E-state index in [4.69, 9.17) is 11.6 Å². The van der Waals surface area contributed by atoms with Gasteiger partial charge >= 0.3 is 0 Å². The summed E-state index contributed by atoms with van der Waals surface area (Å²) in [5.41, 5.74) is 1.09. The van der Waals surface area contributed by atoms with Gasteiger partial charge < -0.3 is 20.2 Å². The Morgan fingerprint density at radius 2 is 2.00 bits per heavy atom. The third kappa shape index (κ3) is 4.62. The van der Waals surface area contributed by atoms with Crippen LogP contribution in [0, 0.1) is 5.41 Å². The minimum Gasteiger partial charge on any atom is -0.506 e. The number of hydrogen-bond acceptors (Lipinski definition) is 4. The van der Waals surface area contributed by atoms with Gasteiger partial charge in [0, 0.05) is 44.7 Å². The lowest BCUT2D eigenvalue weighted by Crippen LogP contribution is -2.48. The first-order valence-electron chi connectivity index (χ1n) is 8.61. The number of phenolic OH excluding ortho intramolecular Hbond substituents is 1. The minimum absolute atomic E-state index is 0.0152. The van der Waals surface area contributed by atoms with Crippen LogP contribution in [0.15, 0.2) is 18.2 Å². The SMILES string of the molecule is CN1CCN(CC2(CNC(=O)Cc3ccc(O)c(Cl)c3)CC2)CC1. The van der Waals surface area contributed by atoms with Crippen molar-refractivity contribution in [1.82, 2.24) is 15.1 Å². The highest BCUT2D eigenvalue weighted by Crippen LogP contribution is 2.45. The summed E-state index contributed by atoms with van der Waals surface area (Å²) in [7, 11) is 2.17. The van der Waals surface area contributed by atoms with Crippen LogP contribution in [0.4, 0.5) is 0 Å². The maximum Gasteiger partial charge on any atom is 0.224 e. The van der Waals surface area contributed by atoms with Crippen molar-refractivity contribution < 1.29 is 9.90 Å². The number of aromatic hydroxyl groups is 1. The topological polar surface area (TPSA) is 55.8 Å². The number of benzene rings is 1. The average Bonchev–Trinajstić information content (AvgIpc) is 3.31. The molecule has 1 saturated carbocycles. The number of rotatable bonds is 6. The zero-order valence-electron chi connectivity index (χ0n) is 14.2. The van der Waals surface area contributed by atoms with Gasteiger partial charge in [-0.25, -0.2) is 0 Å². The molecule has 2 fully saturated rings. The van der Waals surface area contributed by atoms with Gasteiger partial charge in [-0.1, -0.05) is 17.7 Å². The molecule has 1 aliphatic carbocycles. The zero-order valence-corrected chi connectivity index (χ0v) is 15.0. The number of phenols is 1. The molecule has 5 nitrogen and oxygen atoms in total. The molecule has 0 radical (unpaired) electrons. The largest absolute Gasteiger partial charge is 0.506 e. The van der Waals surface area contributed by atoms with E-state index >= 15 is 0 Å². The summed E-state index contributed by atoms with van der Waals surface area (Å²) >= 11 is 5.88. The Morgan fingerprint density at radius 1 is 1.29 bits per heavy atom. The summed E-state index contributed by atoms with van der Waals surface area (Å²) in [6.07, 6.45) is 2.69. The van der Waals surface area contributed by atoms with Crippen molar-refractivity contribution >= 4 is 17.5 Å². The van der Waals surface area contributed by atoms with Crippen molar-refractivity contribution in [2.75, 3.05) is 46.3 Å². The van der Waals surface area contributed by atoms with E-state index in [0.717, 1.165) is 44.8 Å². The maximum atomic E-state index is 12.2. The smallest absolute Gasteiger partial charge is 0.224 e. The maximum absolute atomic E-state index is 12.2. The van der Waals surface area contributed by atoms with Crippen molar-refractivity contribution in [3.8, 4) is 5.75 Å². The van der Waals surface area contributed by atoms with E-state index < -0.39 is 0 Å². The molecule has 1 aromatic rings. The lowest BCUT2D eigenvalue weighted by atomic mass is 10.1. The second kappa shape index (κ2) is 7.30. The Hall–Kier alpha value is -1.30. The first kappa shape index (κ1) is 17.5. The quantitative estimate of drug-likeness (QED) is 0.819. The van der Waals surface area contributed by atoms with E-state index in [1.807, 2.05) is 0 Å². The Morgan fingerprint density at radius 3 is 2.62 bits per heavy atom. The first-order chi connectivity index (χ1) is 11.5. The zero-order chi connectivity index (χ0) is 17.2. The van der Waals surface area contributed by atoms with Crippen LogP contribution in [-0.2, 0) is 11.2 Å². The van der Waals surface area contributed by atoms with Crippen LogP contribution in [0.25, 0.3) is 0 Å². The predicted molar refractivity (Wildman–Crippen MR) is 95.4 cm³/mol. The fourth-order valence-corrected chi connectivity index (χ4v) is 3.45. The van der Waals surface area contributed by atoms with Crippen molar-refractivity contribution in [3.05, 3.63) is 28.8 Å². The molecule has 1 aliphatic heterocycles. The number of nitrogens with one attached hydrogen (secondary N) is 1. The van der Waals surface area contributed by atoms with Crippen molar-refractivity contribution in [3.63, 3.8) is 0 Å². The highest BCUT2D eigenvalue weighted by atomic mass is 35.5. The van der Waals surface area contributed by atoms with Gasteiger partial charge in [0.05, 0.1) is 11.4 Å². The molecule has 132 valence electrons. The van der Waals surface area contributed by atoms with Crippen molar-refractivity contribution in [2.24, 2.45) is 5.41 Å². The Labute approximate surface area is 148 Å². The third-order valence-electron chi connectivity index (χ3n) is 5.15. The van der Waals surface area contributed by atoms with Crippen LogP contribution in [0.3, 0.4) is 0 Å². The Bertz CT molecular complexity index is 596. The summed E-state index contributed by atoms with van der Waals surface area (Å²) in [5.74, 6) is 0.0614. The van der Waals surface area contributed by atoms with Gasteiger partial charge in [0.15, 0.2) is 0 Å². The van der Waals surface area contributed by atoms with Crippen LogP contribution >= 0.6 is 11.6 Å². The third-order valence-corrected chi connectivity index (χ3v) is 5.45. The number of hydrogen-bond donors (Lipinski definition) is 2. The predicted octanol–water partition coefficient (Wildman–Crippen LogP) is 1.73. The molecule has 24 heavy (non-hydrogen) atoms. The molecule has 3 rings (SSSR count). The number of carbonyl (C=O) groups excluding carboxylic acids is 1. The van der Waals surface area contributed by atoms with Crippen LogP contribution < -0.4 is 5.32 Å². The lowest BCUT2D eigenvalue weighted by Gasteiger charge is -2.34. The molecule has 2 aliphatic rings. The number of carbonyl (C=O) groups is 1. The molecule has 1 heterocycles. The number of halogens is 1. The molecule has 0 spiro atoms. The highest BCUT2D eigenvalue weighted by molar-refractivity contribution is 6.32. The van der Waals surface area contributed by atoms with Gasteiger partial charge in [-0.15, -0.1) is 0 Å². The minimum atomic E-state index is 0.0152. The molecule has 0 unspecified atom stereocenters. The van der Waals surface area contributed by atoms with Crippen LogP contribution in [0.5, 0.6) is 5.75 Å². The normalized spacial score (nSPS) is 20.8. The van der Waals surface area contributed by atoms with Gasteiger partial charge in [-0.2, -0.15) is 0 Å². The van der Waals surface area contributed by atoms with Gasteiger partial charge in [0.1, 0.15) is 5.75 Å². The molecule has 2 N–H and O–H groups in total. The standard InChI is InChI=1S/C18H26ClN3O2/c1-21-6-8-22(9-7-21)13-18(4-5-18)12-20-17(24)11-14-2-3-16(23)15(19)10-14/h2-3,10,23H,4-9,11-13H2,1H3,(H,20,24). The molecule has 0 atom stereocenters. The summed E-state index contributed by atoms with van der Waals surface area (Å²) in [6.45, 7) is 6.35. The summed E-state index contributed by atoms with van der Waals surface area (Å²) in [6, 6.07) is 4.91. The van der Waals surface area contributed by atoms with Gasteiger partial charge in [0.2, 0.25) is 5.91 Å². The number of likely N-dealkylation sites (N-methyl/N-ethyl adjacent to an activating group) is 1. The second-order valence-corrected chi connectivity index (χ2v) is 7.73. The molecular formula is C18H26ClN3O2. The van der Waals surface area contributed by atoms with E-state index in [0.29, 0.717) is 6.42 Å². The summed E-state index contributed by atoms with van der Waals surface area (Å²) in [4.78, 5) is 17.1. The van der Waals surface area contributed by atoms with E-state index in [1.54, 1.807) is 12.1 Å². The number of nitrogens with zero attached hydrogens (tertiary/aromatic N) is 2. The van der Waals surface area contributed by atoms with E-state index in [-0.39, 0.29) is 22.1 Å². The Balaban J connectivity index is 1.44. The Kier molecular flexibility index (Phi) is 5.33. The van der Waals surface area contributed by atoms with Crippen LogP contribution in [0.1, 0.15) is 18.4 Å². The van der Waals surface area contributed by atoms with Gasteiger partial charge in [0.25, 0.3) is 0 Å². The summed E-state index contributed by atoms with van der Waals surface area (Å²) in [5, 5.41) is 12.8. The molecule has 1 aromatic carbocycles. The average molecular weight is 352 g/mol. The fourth-order valence-electron chi connectivity index (χ4n) is 3.24. The fraction of sp³-hybridized carbons (Fsp3) is 0.611. The summed E-state index contributed by atoms with van der Waals surface area (Å²) < 4.78 is 0. The molecule has 0 aromatic heterocycles. The van der Waals surface area contributed by atoms with E-state index in [1.165, 1.54) is 18.9 Å². The highest BCUT2D eigenvalue weighted by Gasteiger charge is 2.44. The number of amides is 1. The lowest BCUT2D eigenvalue weighted by molar-refractivity contribution is -0.120. The van der Waals surface area contributed by atoms with Crippen molar-refractivity contribution in [1.29, 1.82) is 0 Å². The molecule has 6 heteroatoms. The monoisotopic (exact) mass is 351 g/mol.